The largest absolute Gasteiger partial charge is 0.545 e. The predicted octanol–water partition coefficient (Wildman–Crippen LogP) is 4.27. The molecule has 1 rings (SSSR count). The van der Waals surface area contributed by atoms with Crippen LogP contribution in [0.25, 0.3) is 0 Å². The fourth-order valence-electron chi connectivity index (χ4n) is 4.02. The second-order valence-electron chi connectivity index (χ2n) is 8.72. The number of aromatic carboxylic acids is 2. The van der Waals surface area contributed by atoms with Gasteiger partial charge in [-0.15, -0.1) is 0 Å². The van der Waals surface area contributed by atoms with Gasteiger partial charge >= 0.3 is 0 Å². The second-order valence-corrected chi connectivity index (χ2v) is 8.72. The molecule has 4 heteroatoms. The van der Waals surface area contributed by atoms with Crippen molar-refractivity contribution in [2.75, 3.05) is 0 Å². The third-order valence-electron chi connectivity index (χ3n) is 5.72. The summed E-state index contributed by atoms with van der Waals surface area (Å²) in [5.74, 6) is -1.62. The van der Waals surface area contributed by atoms with Gasteiger partial charge in [-0.05, 0) is 60.5 Å². The van der Waals surface area contributed by atoms with Crippen LogP contribution in [0.5, 0.6) is 0 Å². The number of benzene rings is 1. The number of hydrogen-bond donors (Lipinski definition) is 0. The van der Waals surface area contributed by atoms with E-state index in [1.165, 1.54) is 6.07 Å². The van der Waals surface area contributed by atoms with Crippen LogP contribution in [-0.4, -0.2) is 11.9 Å². The van der Waals surface area contributed by atoms with E-state index in [-0.39, 0.29) is 23.0 Å². The van der Waals surface area contributed by atoms with E-state index in [1.807, 2.05) is 13.0 Å². The van der Waals surface area contributed by atoms with E-state index in [4.69, 9.17) is 0 Å². The van der Waals surface area contributed by atoms with Gasteiger partial charge in [0.1, 0.15) is 0 Å². The molecule has 0 spiro atoms. The molecule has 0 aliphatic rings. The lowest BCUT2D eigenvalue weighted by Gasteiger charge is -2.30. The van der Waals surface area contributed by atoms with Crippen molar-refractivity contribution in [1.82, 2.24) is 0 Å². The molecule has 0 aliphatic heterocycles. The third kappa shape index (κ3) is 6.35. The minimum atomic E-state index is -1.46. The van der Waals surface area contributed by atoms with Gasteiger partial charge in [0.15, 0.2) is 0 Å². The normalized spacial score (nSPS) is 13.7. The first-order valence-corrected chi connectivity index (χ1v) is 10.7. The second kappa shape index (κ2) is 11.2. The molecule has 0 amide bonds. The van der Waals surface area contributed by atoms with Gasteiger partial charge in [0.25, 0.3) is 0 Å². The molecule has 1 aromatic rings. The molecule has 0 heterocycles. The maximum Gasteiger partial charge on any atom is 0.0724 e. The molecule has 0 fully saturated rings. The van der Waals surface area contributed by atoms with E-state index < -0.39 is 11.9 Å². The number of carboxylic acids is 2. The minimum Gasteiger partial charge on any atom is -0.545 e. The van der Waals surface area contributed by atoms with Crippen LogP contribution >= 0.6 is 0 Å². The Labute approximate surface area is 170 Å². The monoisotopic (exact) mass is 388 g/mol. The molecule has 0 radical (unpaired) electrons. The van der Waals surface area contributed by atoms with E-state index >= 15 is 0 Å². The molecule has 0 aromatic heterocycles. The number of carboxylic acid groups (broad SMARTS) is 2. The lowest BCUT2D eigenvalue weighted by atomic mass is 9.76. The fourth-order valence-corrected chi connectivity index (χ4v) is 4.02. The van der Waals surface area contributed by atoms with Crippen LogP contribution in [0.15, 0.2) is 12.1 Å². The molecule has 2 atom stereocenters. The van der Waals surface area contributed by atoms with Crippen molar-refractivity contribution in [1.29, 1.82) is 0 Å². The Balaban J connectivity index is 3.62. The first-order valence-electron chi connectivity index (χ1n) is 10.7. The van der Waals surface area contributed by atoms with Gasteiger partial charge in [0.2, 0.25) is 0 Å². The summed E-state index contributed by atoms with van der Waals surface area (Å²) in [6.45, 7) is 12.8. The van der Waals surface area contributed by atoms with Crippen molar-refractivity contribution >= 4 is 11.9 Å². The fraction of sp³-hybridized carbons (Fsp3) is 0.667. The molecule has 28 heavy (non-hydrogen) atoms. The van der Waals surface area contributed by atoms with Gasteiger partial charge < -0.3 is 19.8 Å². The molecule has 0 saturated heterocycles. The lowest BCUT2D eigenvalue weighted by molar-refractivity contribution is -0.259. The molecule has 4 nitrogen and oxygen atoms in total. The highest BCUT2D eigenvalue weighted by Gasteiger charge is 2.25. The lowest BCUT2D eigenvalue weighted by Crippen LogP contribution is -2.32. The van der Waals surface area contributed by atoms with Gasteiger partial charge in [-0.3, -0.25) is 0 Å². The van der Waals surface area contributed by atoms with Crippen molar-refractivity contribution in [2.45, 2.75) is 91.9 Å². The van der Waals surface area contributed by atoms with Crippen molar-refractivity contribution in [3.63, 3.8) is 0 Å². The predicted molar refractivity (Wildman–Crippen MR) is 109 cm³/mol. The van der Waals surface area contributed by atoms with E-state index in [9.17, 15) is 19.8 Å². The van der Waals surface area contributed by atoms with Crippen LogP contribution in [0.2, 0.25) is 0 Å². The quantitative estimate of drug-likeness (QED) is 0.535. The van der Waals surface area contributed by atoms with Crippen molar-refractivity contribution in [2.24, 2.45) is 11.8 Å². The number of carbonyl (C=O) groups excluding carboxylic acids is 2. The maximum atomic E-state index is 12.0. The average molecular weight is 389 g/mol. The Hall–Kier alpha value is -1.84. The summed E-state index contributed by atoms with van der Waals surface area (Å²) in [5, 5.41) is 23.7. The number of hydrogen-bond acceptors (Lipinski definition) is 4. The summed E-state index contributed by atoms with van der Waals surface area (Å²) < 4.78 is 0. The standard InChI is InChI=1S/C24H38O4/c1-7-17(11-9-15(3)4)19-13-14-20(23(25)26)22(24(27)28)21(19)18(8-2)12-10-16(5)6/h13-18H,7-12H2,1-6H3,(H,25,26)(H,27,28)/p-2. The van der Waals surface area contributed by atoms with Gasteiger partial charge in [-0.2, -0.15) is 0 Å². The Morgan fingerprint density at radius 1 is 0.786 bits per heavy atom. The maximum absolute atomic E-state index is 12.0. The third-order valence-corrected chi connectivity index (χ3v) is 5.72. The van der Waals surface area contributed by atoms with E-state index in [2.05, 4.69) is 34.6 Å². The summed E-state index contributed by atoms with van der Waals surface area (Å²) >= 11 is 0. The highest BCUT2D eigenvalue weighted by molar-refractivity contribution is 6.01. The molecule has 0 aliphatic carbocycles. The van der Waals surface area contributed by atoms with E-state index in [0.717, 1.165) is 44.1 Å². The first-order chi connectivity index (χ1) is 13.1. The number of carbonyl (C=O) groups is 2. The molecule has 2 unspecified atom stereocenters. The van der Waals surface area contributed by atoms with Crippen molar-refractivity contribution < 1.29 is 19.8 Å². The zero-order valence-electron chi connectivity index (χ0n) is 18.3. The molecule has 1 aromatic carbocycles. The summed E-state index contributed by atoms with van der Waals surface area (Å²) in [7, 11) is 0. The van der Waals surface area contributed by atoms with Gasteiger partial charge in [0.05, 0.1) is 11.9 Å². The Morgan fingerprint density at radius 3 is 1.68 bits per heavy atom. The van der Waals surface area contributed by atoms with Crippen LogP contribution in [-0.2, 0) is 0 Å². The molecule has 0 bridgehead atoms. The van der Waals surface area contributed by atoms with Crippen LogP contribution in [0, 0.1) is 11.8 Å². The number of rotatable bonds is 12. The highest BCUT2D eigenvalue weighted by atomic mass is 16.4. The average Bonchev–Trinajstić information content (AvgIpc) is 2.61. The summed E-state index contributed by atoms with van der Waals surface area (Å²) in [6, 6.07) is 3.21. The molecule has 0 saturated carbocycles. The first kappa shape index (κ1) is 24.2. The van der Waals surface area contributed by atoms with Gasteiger partial charge in [0, 0.05) is 11.1 Å². The van der Waals surface area contributed by atoms with Crippen molar-refractivity contribution in [3.05, 3.63) is 34.4 Å². The van der Waals surface area contributed by atoms with Crippen LogP contribution < -0.4 is 10.2 Å². The summed E-state index contributed by atoms with van der Waals surface area (Å²) in [6.07, 6.45) is 5.44. The van der Waals surface area contributed by atoms with E-state index in [1.54, 1.807) is 0 Å². The zero-order valence-corrected chi connectivity index (χ0v) is 18.3. The molecular weight excluding hydrogens is 352 g/mol. The smallest absolute Gasteiger partial charge is 0.0724 e. The summed E-state index contributed by atoms with van der Waals surface area (Å²) in [5.41, 5.74) is 1.21. The van der Waals surface area contributed by atoms with Crippen molar-refractivity contribution in [3.8, 4) is 0 Å². The Morgan fingerprint density at radius 2 is 1.29 bits per heavy atom. The van der Waals surface area contributed by atoms with Gasteiger partial charge in [-0.25, -0.2) is 0 Å². The summed E-state index contributed by atoms with van der Waals surface area (Å²) in [4.78, 5) is 23.7. The Kier molecular flexibility index (Phi) is 9.71. The minimum absolute atomic E-state index is 0.00213. The van der Waals surface area contributed by atoms with Crippen LogP contribution in [0.4, 0.5) is 0 Å². The SMILES string of the molecule is CCC(CCC(C)C)c1ccc(C(=O)[O-])c(C(=O)[O-])c1C(CC)CCC(C)C. The van der Waals surface area contributed by atoms with E-state index in [0.29, 0.717) is 17.4 Å². The molecule has 158 valence electrons. The molecule has 0 N–H and O–H groups in total. The Bertz CT molecular complexity index is 661. The zero-order chi connectivity index (χ0) is 21.4. The highest BCUT2D eigenvalue weighted by Crippen LogP contribution is 2.39. The topological polar surface area (TPSA) is 80.3 Å². The van der Waals surface area contributed by atoms with Gasteiger partial charge in [-0.1, -0.05) is 66.5 Å². The van der Waals surface area contributed by atoms with Crippen LogP contribution in [0.3, 0.4) is 0 Å². The molecular formula is C24H36O4-2. The van der Waals surface area contributed by atoms with Crippen LogP contribution in [0.1, 0.15) is 124 Å².